The first-order chi connectivity index (χ1) is 4.79. The molecule has 0 heterocycles. The van der Waals surface area contributed by atoms with Gasteiger partial charge in [-0.1, -0.05) is 6.08 Å². The van der Waals surface area contributed by atoms with E-state index in [1.54, 1.807) is 0 Å². The zero-order chi connectivity index (χ0) is 7.56. The molecule has 2 heteroatoms. The van der Waals surface area contributed by atoms with Crippen LogP contribution in [0.25, 0.3) is 0 Å². The summed E-state index contributed by atoms with van der Waals surface area (Å²) in [6.07, 6.45) is 2.75. The molecule has 0 aromatic carbocycles. The van der Waals surface area contributed by atoms with Gasteiger partial charge in [0.05, 0.1) is 12.5 Å². The molecule has 1 aliphatic rings. The summed E-state index contributed by atoms with van der Waals surface area (Å²) in [5, 5.41) is 0. The first kappa shape index (κ1) is 7.32. The van der Waals surface area contributed by atoms with Crippen LogP contribution in [0.15, 0.2) is 12.7 Å². The van der Waals surface area contributed by atoms with Crippen molar-refractivity contribution in [1.29, 1.82) is 0 Å². The Hall–Kier alpha value is -0.790. The van der Waals surface area contributed by atoms with Crippen molar-refractivity contribution >= 4 is 5.97 Å². The second-order valence-electron chi connectivity index (χ2n) is 2.49. The molecule has 0 aromatic rings. The normalized spacial score (nSPS) is 29.3. The van der Waals surface area contributed by atoms with Gasteiger partial charge >= 0.3 is 5.97 Å². The Morgan fingerprint density at radius 1 is 1.90 bits per heavy atom. The van der Waals surface area contributed by atoms with Crippen LogP contribution >= 0.6 is 0 Å². The molecule has 56 valence electrons. The molecular formula is C8H12O2. The van der Waals surface area contributed by atoms with E-state index in [2.05, 4.69) is 6.58 Å². The van der Waals surface area contributed by atoms with Crippen molar-refractivity contribution in [3.05, 3.63) is 12.7 Å². The summed E-state index contributed by atoms with van der Waals surface area (Å²) in [5.41, 5.74) is 0. The van der Waals surface area contributed by atoms with Crippen LogP contribution in [-0.2, 0) is 9.53 Å². The molecule has 0 saturated heterocycles. The fraction of sp³-hybridized carbons (Fsp3) is 0.625. The van der Waals surface area contributed by atoms with Crippen LogP contribution in [0.5, 0.6) is 0 Å². The Bertz CT molecular complexity index is 151. The number of esters is 1. The predicted molar refractivity (Wildman–Crippen MR) is 38.4 cm³/mol. The van der Waals surface area contributed by atoms with Gasteiger partial charge in [-0.2, -0.15) is 0 Å². The third kappa shape index (κ3) is 1.38. The maximum atomic E-state index is 10.9. The minimum absolute atomic E-state index is 0.0626. The Kier molecular flexibility index (Phi) is 2.10. The van der Waals surface area contributed by atoms with Crippen LogP contribution in [0.1, 0.15) is 13.3 Å². The molecule has 1 rings (SSSR count). The number of hydrogen-bond acceptors (Lipinski definition) is 2. The van der Waals surface area contributed by atoms with Gasteiger partial charge in [0.2, 0.25) is 0 Å². The van der Waals surface area contributed by atoms with Gasteiger partial charge in [-0.3, -0.25) is 4.79 Å². The maximum Gasteiger partial charge on any atom is 0.309 e. The van der Waals surface area contributed by atoms with E-state index < -0.39 is 0 Å². The van der Waals surface area contributed by atoms with Crippen LogP contribution in [0.4, 0.5) is 0 Å². The molecule has 10 heavy (non-hydrogen) atoms. The second kappa shape index (κ2) is 2.86. The third-order valence-corrected chi connectivity index (χ3v) is 1.73. The van der Waals surface area contributed by atoms with Gasteiger partial charge in [0.15, 0.2) is 0 Å². The number of carbonyl (C=O) groups is 1. The molecule has 1 fully saturated rings. The van der Waals surface area contributed by atoms with Gasteiger partial charge in [-0.15, -0.1) is 6.58 Å². The summed E-state index contributed by atoms with van der Waals surface area (Å²) in [5.74, 6) is 0.448. The highest BCUT2D eigenvalue weighted by molar-refractivity contribution is 5.76. The van der Waals surface area contributed by atoms with Crippen LogP contribution in [0, 0.1) is 11.8 Å². The van der Waals surface area contributed by atoms with Crippen molar-refractivity contribution in [1.82, 2.24) is 0 Å². The van der Waals surface area contributed by atoms with E-state index in [-0.39, 0.29) is 11.9 Å². The van der Waals surface area contributed by atoms with E-state index in [9.17, 15) is 4.79 Å². The lowest BCUT2D eigenvalue weighted by Gasteiger charge is -1.97. The third-order valence-electron chi connectivity index (χ3n) is 1.73. The van der Waals surface area contributed by atoms with Gasteiger partial charge in [0.25, 0.3) is 0 Å². The largest absolute Gasteiger partial charge is 0.466 e. The van der Waals surface area contributed by atoms with Gasteiger partial charge in [-0.25, -0.2) is 0 Å². The molecule has 0 unspecified atom stereocenters. The average Bonchev–Trinajstić information content (AvgIpc) is 2.66. The Labute approximate surface area is 60.9 Å². The molecule has 2 atom stereocenters. The van der Waals surface area contributed by atoms with Gasteiger partial charge in [0.1, 0.15) is 0 Å². The molecule has 1 aliphatic carbocycles. The fourth-order valence-corrected chi connectivity index (χ4v) is 0.995. The van der Waals surface area contributed by atoms with Crippen molar-refractivity contribution in [3.63, 3.8) is 0 Å². The highest BCUT2D eigenvalue weighted by Crippen LogP contribution is 2.39. The van der Waals surface area contributed by atoms with Crippen molar-refractivity contribution in [2.75, 3.05) is 6.61 Å². The van der Waals surface area contributed by atoms with Crippen molar-refractivity contribution in [3.8, 4) is 0 Å². The number of allylic oxidation sites excluding steroid dienone is 1. The summed E-state index contributed by atoms with van der Waals surface area (Å²) >= 11 is 0. The highest BCUT2D eigenvalue weighted by Gasteiger charge is 2.41. The maximum absolute atomic E-state index is 10.9. The van der Waals surface area contributed by atoms with Crippen LogP contribution < -0.4 is 0 Å². The lowest BCUT2D eigenvalue weighted by Crippen LogP contribution is -2.06. The van der Waals surface area contributed by atoms with E-state index in [0.717, 1.165) is 6.42 Å². The van der Waals surface area contributed by atoms with Gasteiger partial charge in [-0.05, 0) is 19.3 Å². The first-order valence-corrected chi connectivity index (χ1v) is 3.58. The van der Waals surface area contributed by atoms with E-state index in [4.69, 9.17) is 4.74 Å². The molecular weight excluding hydrogens is 128 g/mol. The lowest BCUT2D eigenvalue weighted by molar-refractivity contribution is -0.144. The van der Waals surface area contributed by atoms with Crippen LogP contribution in [0.2, 0.25) is 0 Å². The second-order valence-corrected chi connectivity index (χ2v) is 2.49. The molecule has 0 bridgehead atoms. The van der Waals surface area contributed by atoms with Gasteiger partial charge in [0, 0.05) is 0 Å². The van der Waals surface area contributed by atoms with Crippen LogP contribution in [-0.4, -0.2) is 12.6 Å². The summed E-state index contributed by atoms with van der Waals surface area (Å²) in [7, 11) is 0. The lowest BCUT2D eigenvalue weighted by atomic mass is 10.3. The minimum atomic E-state index is -0.0626. The zero-order valence-electron chi connectivity index (χ0n) is 6.17. The number of hydrogen-bond donors (Lipinski definition) is 0. The molecule has 0 aliphatic heterocycles. The van der Waals surface area contributed by atoms with Gasteiger partial charge < -0.3 is 4.74 Å². The smallest absolute Gasteiger partial charge is 0.309 e. The van der Waals surface area contributed by atoms with E-state index in [0.29, 0.717) is 12.5 Å². The minimum Gasteiger partial charge on any atom is -0.466 e. The quantitative estimate of drug-likeness (QED) is 0.437. The number of carbonyl (C=O) groups excluding carboxylic acids is 1. The Morgan fingerprint density at radius 2 is 2.60 bits per heavy atom. The van der Waals surface area contributed by atoms with Crippen LogP contribution in [0.3, 0.4) is 0 Å². The molecule has 0 amide bonds. The van der Waals surface area contributed by atoms with E-state index in [1.165, 1.54) is 0 Å². The summed E-state index contributed by atoms with van der Waals surface area (Å²) in [6, 6.07) is 0. The molecule has 0 spiro atoms. The Balaban J connectivity index is 2.25. The topological polar surface area (TPSA) is 26.3 Å². The van der Waals surface area contributed by atoms with E-state index >= 15 is 0 Å². The highest BCUT2D eigenvalue weighted by atomic mass is 16.5. The van der Waals surface area contributed by atoms with Crippen molar-refractivity contribution in [2.24, 2.45) is 11.8 Å². The summed E-state index contributed by atoms with van der Waals surface area (Å²) in [4.78, 5) is 10.9. The molecule has 0 N–H and O–H groups in total. The van der Waals surface area contributed by atoms with Crippen molar-refractivity contribution < 1.29 is 9.53 Å². The first-order valence-electron chi connectivity index (χ1n) is 3.58. The molecule has 0 radical (unpaired) electrons. The molecule has 1 saturated carbocycles. The molecule has 2 nitrogen and oxygen atoms in total. The summed E-state index contributed by atoms with van der Waals surface area (Å²) in [6.45, 7) is 5.92. The Morgan fingerprint density at radius 3 is 3.00 bits per heavy atom. The number of ether oxygens (including phenoxy) is 1. The van der Waals surface area contributed by atoms with Crippen molar-refractivity contribution in [2.45, 2.75) is 13.3 Å². The number of rotatable bonds is 3. The SMILES string of the molecule is C=C[C@@H]1C[C@H]1C(=O)OCC. The predicted octanol–water partition coefficient (Wildman–Crippen LogP) is 1.37. The average molecular weight is 140 g/mol. The van der Waals surface area contributed by atoms with E-state index in [1.807, 2.05) is 13.0 Å². The summed E-state index contributed by atoms with van der Waals surface area (Å²) < 4.78 is 4.81. The zero-order valence-corrected chi connectivity index (χ0v) is 6.17. The fourth-order valence-electron chi connectivity index (χ4n) is 0.995. The monoisotopic (exact) mass is 140 g/mol. The molecule has 0 aromatic heterocycles. The standard InChI is InChI=1S/C8H12O2/c1-3-6-5-7(6)8(9)10-4-2/h3,6-7H,1,4-5H2,2H3/t6-,7-/m1/s1.